The summed E-state index contributed by atoms with van der Waals surface area (Å²) < 4.78 is 21.6. The predicted molar refractivity (Wildman–Crippen MR) is 161 cm³/mol. The van der Waals surface area contributed by atoms with Gasteiger partial charge in [0.05, 0.1) is 58.2 Å². The van der Waals surface area contributed by atoms with Crippen molar-refractivity contribution < 1.29 is 23.8 Å². The van der Waals surface area contributed by atoms with Gasteiger partial charge in [0.1, 0.15) is 12.2 Å². The molecular weight excluding hydrogens is 565 g/mol. The van der Waals surface area contributed by atoms with Gasteiger partial charge in [-0.1, -0.05) is 0 Å². The van der Waals surface area contributed by atoms with E-state index in [0.717, 1.165) is 44.0 Å². The number of carbonyl (C=O) groups excluding carboxylic acids is 2. The van der Waals surface area contributed by atoms with Crippen molar-refractivity contribution in [2.45, 2.75) is 75.8 Å². The number of nitrogens with one attached hydrogen (secondary N) is 2. The number of hydrogen-bond acceptors (Lipinski definition) is 8. The van der Waals surface area contributed by atoms with Gasteiger partial charge in [-0.2, -0.15) is 10.4 Å². The SMILES string of the molecule is COC1CN(C(=O)C23CCC(Nc4cc(-c5ccc6cc(C#N)cnn56)ncc4C(=O)NC[C@@H](F)C(C)(C)O)(CC2)CC3)C1. The maximum absolute atomic E-state index is 14.5. The quantitative estimate of drug-likeness (QED) is 0.337. The number of pyridine rings is 1. The van der Waals surface area contributed by atoms with E-state index in [2.05, 4.69) is 26.8 Å². The van der Waals surface area contributed by atoms with Crippen molar-refractivity contribution >= 4 is 23.0 Å². The summed E-state index contributed by atoms with van der Waals surface area (Å²) in [5.41, 5.74) is 0.987. The number of alkyl halides is 1. The minimum absolute atomic E-state index is 0.117. The van der Waals surface area contributed by atoms with Gasteiger partial charge in [-0.3, -0.25) is 14.6 Å². The van der Waals surface area contributed by atoms with Crippen LogP contribution in [0.3, 0.4) is 0 Å². The molecule has 4 fully saturated rings. The molecule has 1 saturated heterocycles. The lowest BCUT2D eigenvalue weighted by atomic mass is 9.56. The first kappa shape index (κ1) is 30.0. The molecule has 3 aromatic rings. The van der Waals surface area contributed by atoms with E-state index in [-0.39, 0.29) is 35.1 Å². The van der Waals surface area contributed by atoms with Crippen LogP contribution < -0.4 is 10.6 Å². The van der Waals surface area contributed by atoms with E-state index < -0.39 is 17.7 Å². The molecule has 44 heavy (non-hydrogen) atoms. The monoisotopic (exact) mass is 603 g/mol. The number of halogens is 1. The van der Waals surface area contributed by atoms with Crippen LogP contribution in [0.25, 0.3) is 16.9 Å². The number of hydrogen-bond donors (Lipinski definition) is 3. The van der Waals surface area contributed by atoms with E-state index in [1.165, 1.54) is 26.2 Å². The molecule has 3 aromatic heterocycles. The van der Waals surface area contributed by atoms with E-state index in [9.17, 15) is 24.3 Å². The number of anilines is 1. The zero-order chi connectivity index (χ0) is 31.3. The number of fused-ring (bicyclic) bond motifs is 4. The topological polar surface area (TPSA) is 145 Å². The van der Waals surface area contributed by atoms with Gasteiger partial charge < -0.3 is 25.4 Å². The molecule has 1 aliphatic heterocycles. The first-order valence-corrected chi connectivity index (χ1v) is 15.1. The van der Waals surface area contributed by atoms with Gasteiger partial charge in [-0.05, 0) is 76.6 Å². The van der Waals surface area contributed by atoms with Crippen LogP contribution in [0.1, 0.15) is 68.3 Å². The fraction of sp³-hybridized carbons (Fsp3) is 0.531. The number of carbonyl (C=O) groups is 2. The van der Waals surface area contributed by atoms with Gasteiger partial charge in [0.25, 0.3) is 5.91 Å². The number of methoxy groups -OCH3 is 1. The fourth-order valence-electron chi connectivity index (χ4n) is 6.73. The van der Waals surface area contributed by atoms with Gasteiger partial charge in [-0.25, -0.2) is 8.91 Å². The third-order valence-corrected chi connectivity index (χ3v) is 9.82. The molecule has 0 aromatic carbocycles. The summed E-state index contributed by atoms with van der Waals surface area (Å²) in [7, 11) is 1.67. The molecule has 2 amide bonds. The molecular formula is C32H38FN7O4. The Labute approximate surface area is 255 Å². The first-order valence-electron chi connectivity index (χ1n) is 15.1. The second-order valence-electron chi connectivity index (χ2n) is 13.1. The van der Waals surface area contributed by atoms with E-state index in [0.29, 0.717) is 35.7 Å². The van der Waals surface area contributed by atoms with Gasteiger partial charge in [0.15, 0.2) is 0 Å². The van der Waals surface area contributed by atoms with Crippen molar-refractivity contribution in [2.24, 2.45) is 5.41 Å². The Hall–Kier alpha value is -4.08. The number of aliphatic hydroxyl groups is 1. The second-order valence-corrected chi connectivity index (χ2v) is 13.1. The highest BCUT2D eigenvalue weighted by atomic mass is 19.1. The average Bonchev–Trinajstić information content (AvgIpc) is 3.42. The van der Waals surface area contributed by atoms with Crippen molar-refractivity contribution in [2.75, 3.05) is 32.1 Å². The number of ether oxygens (including phenoxy) is 1. The highest BCUT2D eigenvalue weighted by molar-refractivity contribution is 6.00. The van der Waals surface area contributed by atoms with Crippen molar-refractivity contribution in [3.8, 4) is 17.5 Å². The summed E-state index contributed by atoms with van der Waals surface area (Å²) in [4.78, 5) is 33.3. The highest BCUT2D eigenvalue weighted by Gasteiger charge is 2.54. The minimum atomic E-state index is -1.65. The van der Waals surface area contributed by atoms with Crippen LogP contribution >= 0.6 is 0 Å². The van der Waals surface area contributed by atoms with Crippen LogP contribution in [0, 0.1) is 16.7 Å². The smallest absolute Gasteiger partial charge is 0.255 e. The van der Waals surface area contributed by atoms with Crippen molar-refractivity contribution in [3.63, 3.8) is 0 Å². The molecule has 4 aliphatic rings. The Morgan fingerprint density at radius 2 is 1.89 bits per heavy atom. The molecule has 11 nitrogen and oxygen atoms in total. The maximum atomic E-state index is 14.5. The maximum Gasteiger partial charge on any atom is 0.255 e. The Kier molecular flexibility index (Phi) is 7.58. The van der Waals surface area contributed by atoms with Crippen LogP contribution in [0.4, 0.5) is 10.1 Å². The van der Waals surface area contributed by atoms with E-state index >= 15 is 0 Å². The zero-order valence-corrected chi connectivity index (χ0v) is 25.3. The van der Waals surface area contributed by atoms with Crippen molar-refractivity contribution in [1.29, 1.82) is 5.26 Å². The van der Waals surface area contributed by atoms with Gasteiger partial charge in [0, 0.05) is 37.4 Å². The van der Waals surface area contributed by atoms with Crippen molar-refractivity contribution in [1.82, 2.24) is 24.8 Å². The summed E-state index contributed by atoms with van der Waals surface area (Å²) in [5, 5.41) is 30.0. The van der Waals surface area contributed by atoms with Crippen LogP contribution in [0.15, 0.2) is 36.7 Å². The van der Waals surface area contributed by atoms with Gasteiger partial charge in [0.2, 0.25) is 5.91 Å². The lowest BCUT2D eigenvalue weighted by Crippen LogP contribution is -2.62. The average molecular weight is 604 g/mol. The predicted octanol–water partition coefficient (Wildman–Crippen LogP) is 3.47. The van der Waals surface area contributed by atoms with Crippen LogP contribution in [-0.4, -0.2) is 86.6 Å². The summed E-state index contributed by atoms with van der Waals surface area (Å²) >= 11 is 0. The Morgan fingerprint density at radius 3 is 2.52 bits per heavy atom. The molecule has 3 saturated carbocycles. The summed E-state index contributed by atoms with van der Waals surface area (Å²) in [5.74, 6) is -0.279. The van der Waals surface area contributed by atoms with Crippen molar-refractivity contribution in [3.05, 3.63) is 47.8 Å². The number of likely N-dealkylation sites (tertiary alicyclic amines) is 1. The molecule has 0 radical (unpaired) electrons. The standard InChI is InChI=1S/C32H38FN7O4/c1-30(2,43)27(33)17-36-28(41)23-16-35-25(26-5-4-21-12-20(14-34)15-37-40(21)26)13-24(23)38-32-9-6-31(7-10-32,8-11-32)29(42)39-18-22(19-39)44-3/h4-5,12-13,15-16,22,27,43H,6-11,17-19H2,1-3H3,(H,35,38)(H,36,41)/t27-,31?,32?/m1/s1. The lowest BCUT2D eigenvalue weighted by molar-refractivity contribution is -0.160. The third-order valence-electron chi connectivity index (χ3n) is 9.82. The summed E-state index contributed by atoms with van der Waals surface area (Å²) in [6.07, 6.45) is 6.02. The van der Waals surface area contributed by atoms with Crippen LogP contribution in [0.5, 0.6) is 0 Å². The Morgan fingerprint density at radius 1 is 1.18 bits per heavy atom. The fourth-order valence-corrected chi connectivity index (χ4v) is 6.73. The lowest BCUT2D eigenvalue weighted by Gasteiger charge is -2.55. The number of nitriles is 1. The normalized spacial score (nSPS) is 24.0. The van der Waals surface area contributed by atoms with Gasteiger partial charge >= 0.3 is 0 Å². The molecule has 2 bridgehead atoms. The molecule has 3 N–H and O–H groups in total. The molecule has 3 aliphatic carbocycles. The molecule has 1 atom stereocenters. The largest absolute Gasteiger partial charge is 0.387 e. The summed E-state index contributed by atoms with van der Waals surface area (Å²) in [6, 6.07) is 9.34. The molecule has 12 heteroatoms. The first-order chi connectivity index (χ1) is 21.0. The Bertz CT molecular complexity index is 1610. The zero-order valence-electron chi connectivity index (χ0n) is 25.3. The number of rotatable bonds is 9. The molecule has 7 rings (SSSR count). The van der Waals surface area contributed by atoms with Crippen LogP contribution in [0.2, 0.25) is 0 Å². The van der Waals surface area contributed by atoms with E-state index in [4.69, 9.17) is 4.74 Å². The summed E-state index contributed by atoms with van der Waals surface area (Å²) in [6.45, 7) is 3.65. The number of aromatic nitrogens is 3. The molecule has 232 valence electrons. The van der Waals surface area contributed by atoms with Gasteiger partial charge in [-0.15, -0.1) is 0 Å². The van der Waals surface area contributed by atoms with E-state index in [1.54, 1.807) is 23.8 Å². The third kappa shape index (κ3) is 5.39. The highest BCUT2D eigenvalue weighted by Crippen LogP contribution is 2.54. The molecule has 0 spiro atoms. The minimum Gasteiger partial charge on any atom is -0.387 e. The second kappa shape index (κ2) is 11.1. The molecule has 4 heterocycles. The van der Waals surface area contributed by atoms with Crippen LogP contribution in [-0.2, 0) is 9.53 Å². The number of amides is 2. The number of nitrogens with zero attached hydrogens (tertiary/aromatic N) is 5. The Balaban J connectivity index is 1.27. The van der Waals surface area contributed by atoms with E-state index in [1.807, 2.05) is 17.0 Å². The molecule has 0 unspecified atom stereocenters.